The third-order valence-corrected chi connectivity index (χ3v) is 4.41. The maximum Gasteiger partial charge on any atom is 0.421 e. The van der Waals surface area contributed by atoms with Crippen molar-refractivity contribution in [1.29, 1.82) is 0 Å². The van der Waals surface area contributed by atoms with E-state index in [0.717, 1.165) is 16.0 Å². The summed E-state index contributed by atoms with van der Waals surface area (Å²) in [5.41, 5.74) is -0.254. The molecule has 0 radical (unpaired) electrons. The van der Waals surface area contributed by atoms with Gasteiger partial charge >= 0.3 is 12.2 Å². The van der Waals surface area contributed by atoms with Crippen LogP contribution in [0, 0.1) is 0 Å². The highest BCUT2D eigenvalue weighted by atomic mass is 16.6. The maximum atomic E-state index is 13.0. The highest BCUT2D eigenvalue weighted by Crippen LogP contribution is 2.45. The first kappa shape index (κ1) is 18.0. The molecule has 1 aliphatic heterocycles. The summed E-state index contributed by atoms with van der Waals surface area (Å²) in [4.78, 5) is 26.8. The van der Waals surface area contributed by atoms with Crippen molar-refractivity contribution >= 4 is 12.2 Å². The Bertz CT molecular complexity index is 756. The van der Waals surface area contributed by atoms with E-state index in [-0.39, 0.29) is 0 Å². The molecule has 0 unspecified atom stereocenters. The fourth-order valence-electron chi connectivity index (χ4n) is 3.42. The number of carbonyl (C=O) groups is 2. The van der Waals surface area contributed by atoms with Crippen LogP contribution < -0.4 is 0 Å². The van der Waals surface area contributed by atoms with Crippen LogP contribution in [-0.2, 0) is 15.0 Å². The van der Waals surface area contributed by atoms with Gasteiger partial charge in [0.05, 0.1) is 0 Å². The molecule has 5 nitrogen and oxygen atoms in total. The summed E-state index contributed by atoms with van der Waals surface area (Å²) in [6, 6.07) is 18.9. The molecule has 1 saturated heterocycles. The third kappa shape index (κ3) is 2.94. The zero-order chi connectivity index (χ0) is 18.9. The number of amides is 2. The fourth-order valence-corrected chi connectivity index (χ4v) is 3.42. The predicted molar refractivity (Wildman–Crippen MR) is 97.7 cm³/mol. The second-order valence-electron chi connectivity index (χ2n) is 7.34. The molecular formula is C21H23NO4. The molecular weight excluding hydrogens is 330 g/mol. The highest BCUT2D eigenvalue weighted by molar-refractivity contribution is 5.92. The van der Waals surface area contributed by atoms with Crippen molar-refractivity contribution < 1.29 is 19.1 Å². The summed E-state index contributed by atoms with van der Waals surface area (Å²) in [6.07, 6.45) is -2.01. The number of hydrogen-bond donors (Lipinski definition) is 0. The van der Waals surface area contributed by atoms with Crippen LogP contribution in [0.1, 0.15) is 38.8 Å². The lowest BCUT2D eigenvalue weighted by Crippen LogP contribution is -2.52. The summed E-state index contributed by atoms with van der Waals surface area (Å²) in [5, 5.41) is 0. The van der Waals surface area contributed by atoms with Crippen LogP contribution in [0.25, 0.3) is 0 Å². The zero-order valence-electron chi connectivity index (χ0n) is 15.4. The van der Waals surface area contributed by atoms with Crippen molar-refractivity contribution in [3.05, 3.63) is 71.8 Å². The van der Waals surface area contributed by atoms with Gasteiger partial charge in [-0.1, -0.05) is 60.7 Å². The monoisotopic (exact) mass is 353 g/mol. The lowest BCUT2D eigenvalue weighted by Gasteiger charge is -2.38. The van der Waals surface area contributed by atoms with E-state index in [2.05, 4.69) is 0 Å². The molecule has 2 aromatic rings. The zero-order valence-corrected chi connectivity index (χ0v) is 15.4. The summed E-state index contributed by atoms with van der Waals surface area (Å²) in [7, 11) is 0. The first-order valence-electron chi connectivity index (χ1n) is 8.61. The van der Waals surface area contributed by atoms with Gasteiger partial charge < -0.3 is 9.47 Å². The van der Waals surface area contributed by atoms with Crippen LogP contribution in [0.15, 0.2) is 60.7 Å². The number of imide groups is 1. The highest BCUT2D eigenvalue weighted by Gasteiger charge is 2.59. The average molecular weight is 353 g/mol. The van der Waals surface area contributed by atoms with Crippen LogP contribution in [0.3, 0.4) is 0 Å². The van der Waals surface area contributed by atoms with Crippen molar-refractivity contribution in [3.8, 4) is 0 Å². The van der Waals surface area contributed by atoms with E-state index in [9.17, 15) is 9.59 Å². The molecule has 2 amide bonds. The largest absolute Gasteiger partial charge is 0.443 e. The Morgan fingerprint density at radius 1 is 1.00 bits per heavy atom. The van der Waals surface area contributed by atoms with Gasteiger partial charge in [0.2, 0.25) is 0 Å². The van der Waals surface area contributed by atoms with Crippen LogP contribution in [-0.4, -0.2) is 28.8 Å². The molecule has 0 saturated carbocycles. The Labute approximate surface area is 153 Å². The van der Waals surface area contributed by atoms with Crippen LogP contribution in [0.2, 0.25) is 0 Å². The second-order valence-corrected chi connectivity index (χ2v) is 7.34. The van der Waals surface area contributed by atoms with Crippen molar-refractivity contribution in [2.75, 3.05) is 0 Å². The van der Waals surface area contributed by atoms with Gasteiger partial charge in [0.25, 0.3) is 0 Å². The number of carbonyl (C=O) groups excluding carboxylic acids is 2. The van der Waals surface area contributed by atoms with Gasteiger partial charge in [-0.2, -0.15) is 4.90 Å². The molecule has 1 atom stereocenters. The number of hydrogen-bond acceptors (Lipinski definition) is 4. The summed E-state index contributed by atoms with van der Waals surface area (Å²) >= 11 is 0. The molecule has 0 aliphatic carbocycles. The SMILES string of the molecule is C[C@H]1OC(=O)N(C(=O)OC(C)(C)C)C1(c1ccccc1)c1ccccc1. The molecule has 26 heavy (non-hydrogen) atoms. The van der Waals surface area contributed by atoms with Crippen molar-refractivity contribution in [3.63, 3.8) is 0 Å². The summed E-state index contributed by atoms with van der Waals surface area (Å²) in [5.74, 6) is 0. The molecule has 1 aliphatic rings. The molecule has 1 heterocycles. The van der Waals surface area contributed by atoms with Gasteiger partial charge in [0.1, 0.15) is 17.2 Å². The third-order valence-electron chi connectivity index (χ3n) is 4.41. The van der Waals surface area contributed by atoms with E-state index in [0.29, 0.717) is 0 Å². The fraction of sp³-hybridized carbons (Fsp3) is 0.333. The minimum absolute atomic E-state index is 0.577. The maximum absolute atomic E-state index is 13.0. The van der Waals surface area contributed by atoms with Crippen molar-refractivity contribution in [1.82, 2.24) is 4.90 Å². The van der Waals surface area contributed by atoms with Crippen molar-refractivity contribution in [2.24, 2.45) is 0 Å². The lowest BCUT2D eigenvalue weighted by molar-refractivity contribution is 0.0202. The number of cyclic esters (lactones) is 1. The Morgan fingerprint density at radius 2 is 1.46 bits per heavy atom. The van der Waals surface area contributed by atoms with Gasteiger partial charge in [0, 0.05) is 0 Å². The van der Waals surface area contributed by atoms with E-state index < -0.39 is 29.4 Å². The molecule has 0 bridgehead atoms. The smallest absolute Gasteiger partial charge is 0.421 e. The van der Waals surface area contributed by atoms with E-state index in [1.54, 1.807) is 27.7 Å². The van der Waals surface area contributed by atoms with E-state index in [1.165, 1.54) is 0 Å². The Balaban J connectivity index is 2.23. The summed E-state index contributed by atoms with van der Waals surface area (Å²) in [6.45, 7) is 7.09. The number of benzene rings is 2. The van der Waals surface area contributed by atoms with Crippen molar-refractivity contribution in [2.45, 2.75) is 44.9 Å². The quantitative estimate of drug-likeness (QED) is 0.785. The Hall–Kier alpha value is -2.82. The number of ether oxygens (including phenoxy) is 2. The molecule has 0 spiro atoms. The molecule has 136 valence electrons. The number of rotatable bonds is 2. The minimum atomic E-state index is -1.10. The first-order valence-corrected chi connectivity index (χ1v) is 8.61. The Morgan fingerprint density at radius 3 is 1.88 bits per heavy atom. The molecule has 0 N–H and O–H groups in total. The van der Waals surface area contributed by atoms with Crippen LogP contribution >= 0.6 is 0 Å². The van der Waals surface area contributed by atoms with E-state index in [4.69, 9.17) is 9.47 Å². The lowest BCUT2D eigenvalue weighted by atomic mass is 9.78. The molecule has 2 aromatic carbocycles. The van der Waals surface area contributed by atoms with E-state index in [1.807, 2.05) is 60.7 Å². The molecule has 3 rings (SSSR count). The average Bonchev–Trinajstić information content (AvgIpc) is 2.86. The number of nitrogens with zero attached hydrogens (tertiary/aromatic N) is 1. The normalized spacial score (nSPS) is 19.2. The predicted octanol–water partition coefficient (Wildman–Crippen LogP) is 4.71. The molecule has 5 heteroatoms. The summed E-state index contributed by atoms with van der Waals surface area (Å²) < 4.78 is 11.0. The van der Waals surface area contributed by atoms with Crippen LogP contribution in [0.4, 0.5) is 9.59 Å². The van der Waals surface area contributed by atoms with Gasteiger partial charge in [-0.15, -0.1) is 0 Å². The topological polar surface area (TPSA) is 55.8 Å². The van der Waals surface area contributed by atoms with Gasteiger partial charge in [0.15, 0.2) is 0 Å². The molecule has 0 aromatic heterocycles. The standard InChI is InChI=1S/C21H23NO4/c1-15-21(16-11-7-5-8-12-16,17-13-9-6-10-14-17)22(18(23)25-15)19(24)26-20(2,3)4/h5-15H,1-4H3/t15-/m1/s1. The minimum Gasteiger partial charge on any atom is -0.443 e. The Kier molecular flexibility index (Phi) is 4.48. The van der Waals surface area contributed by atoms with Gasteiger partial charge in [-0.3, -0.25) is 0 Å². The molecule has 1 fully saturated rings. The first-order chi connectivity index (χ1) is 12.3. The van der Waals surface area contributed by atoms with E-state index >= 15 is 0 Å². The van der Waals surface area contributed by atoms with Crippen LogP contribution in [0.5, 0.6) is 0 Å². The second kappa shape index (κ2) is 6.48. The van der Waals surface area contributed by atoms with Gasteiger partial charge in [-0.25, -0.2) is 9.59 Å². The van der Waals surface area contributed by atoms with Gasteiger partial charge in [-0.05, 0) is 38.8 Å².